The lowest BCUT2D eigenvalue weighted by Gasteiger charge is -2.20. The van der Waals surface area contributed by atoms with Crippen LogP contribution in [0.3, 0.4) is 0 Å². The van der Waals surface area contributed by atoms with E-state index in [1.807, 2.05) is 5.38 Å². The lowest BCUT2D eigenvalue weighted by Crippen LogP contribution is -2.39. The molecule has 0 spiro atoms. The molecule has 7 heteroatoms. The second-order valence-corrected chi connectivity index (χ2v) is 6.97. The van der Waals surface area contributed by atoms with Crippen molar-refractivity contribution in [3.05, 3.63) is 21.9 Å². The average molecular weight is 339 g/mol. The zero-order chi connectivity index (χ0) is 16.8. The molecule has 1 aliphatic rings. The van der Waals surface area contributed by atoms with Crippen LogP contribution in [-0.4, -0.2) is 62.1 Å². The smallest absolute Gasteiger partial charge is 0.317 e. The summed E-state index contributed by atoms with van der Waals surface area (Å²) in [6, 6.07) is 1.96. The molecule has 1 unspecified atom stereocenters. The molecule has 0 radical (unpaired) electrons. The number of hydrogen-bond acceptors (Lipinski definition) is 4. The molecule has 0 aromatic carbocycles. The third-order valence-corrected chi connectivity index (χ3v) is 5.11. The van der Waals surface area contributed by atoms with E-state index < -0.39 is 0 Å². The maximum Gasteiger partial charge on any atom is 0.317 e. The molecule has 1 fully saturated rings. The first-order valence-electron chi connectivity index (χ1n) is 7.80. The quantitative estimate of drug-likeness (QED) is 0.822. The van der Waals surface area contributed by atoms with E-state index in [2.05, 4.69) is 18.3 Å². The number of carbonyl (C=O) groups excluding carboxylic acids is 2. The third kappa shape index (κ3) is 4.94. The summed E-state index contributed by atoms with van der Waals surface area (Å²) in [5.41, 5.74) is 1.21. The highest BCUT2D eigenvalue weighted by atomic mass is 32.1. The Morgan fingerprint density at radius 2 is 2.35 bits per heavy atom. The van der Waals surface area contributed by atoms with Gasteiger partial charge in [-0.05, 0) is 23.9 Å². The Balaban J connectivity index is 1.74. The molecule has 3 amide bonds. The number of nitrogens with one attached hydrogen (secondary N) is 1. The summed E-state index contributed by atoms with van der Waals surface area (Å²) in [6.07, 6.45) is 0.498. The number of hydrogen-bond donors (Lipinski definition) is 1. The molecule has 1 aliphatic heterocycles. The molecule has 1 aromatic heterocycles. The molecular formula is C16H25N3O3S. The topological polar surface area (TPSA) is 61.9 Å². The van der Waals surface area contributed by atoms with Crippen molar-refractivity contribution < 1.29 is 14.3 Å². The van der Waals surface area contributed by atoms with Crippen molar-refractivity contribution in [2.45, 2.75) is 19.9 Å². The van der Waals surface area contributed by atoms with Gasteiger partial charge in [-0.2, -0.15) is 0 Å². The van der Waals surface area contributed by atoms with Gasteiger partial charge in [0.15, 0.2) is 0 Å². The Bertz CT molecular complexity index is 546. The van der Waals surface area contributed by atoms with E-state index in [9.17, 15) is 9.59 Å². The van der Waals surface area contributed by atoms with Gasteiger partial charge in [-0.3, -0.25) is 4.79 Å². The van der Waals surface area contributed by atoms with Crippen molar-refractivity contribution in [1.29, 1.82) is 0 Å². The summed E-state index contributed by atoms with van der Waals surface area (Å²) in [5.74, 6) is 0.323. The van der Waals surface area contributed by atoms with Gasteiger partial charge in [-0.25, -0.2) is 4.79 Å². The van der Waals surface area contributed by atoms with Crippen LogP contribution in [0.5, 0.6) is 0 Å². The molecule has 2 heterocycles. The number of likely N-dealkylation sites (tertiary alicyclic amines) is 1. The van der Waals surface area contributed by atoms with Gasteiger partial charge in [-0.1, -0.05) is 0 Å². The fourth-order valence-electron chi connectivity index (χ4n) is 2.63. The second kappa shape index (κ2) is 8.31. The number of urea groups is 1. The van der Waals surface area contributed by atoms with Gasteiger partial charge in [0.25, 0.3) is 0 Å². The van der Waals surface area contributed by atoms with Crippen LogP contribution in [0.1, 0.15) is 16.9 Å². The first-order chi connectivity index (χ1) is 11.0. The number of ether oxygens (including phenoxy) is 1. The van der Waals surface area contributed by atoms with Crippen LogP contribution in [0, 0.1) is 12.8 Å². The van der Waals surface area contributed by atoms with Crippen LogP contribution >= 0.6 is 11.3 Å². The Labute approximate surface area is 141 Å². The van der Waals surface area contributed by atoms with E-state index in [4.69, 9.17) is 4.74 Å². The maximum atomic E-state index is 12.2. The summed E-state index contributed by atoms with van der Waals surface area (Å²) >= 11 is 1.66. The monoisotopic (exact) mass is 339 g/mol. The summed E-state index contributed by atoms with van der Waals surface area (Å²) in [7, 11) is 3.42. The van der Waals surface area contributed by atoms with Gasteiger partial charge in [0.2, 0.25) is 5.91 Å². The van der Waals surface area contributed by atoms with Gasteiger partial charge in [-0.15, -0.1) is 11.3 Å². The number of nitrogens with zero attached hydrogens (tertiary/aromatic N) is 2. The van der Waals surface area contributed by atoms with E-state index in [0.717, 1.165) is 0 Å². The van der Waals surface area contributed by atoms with Crippen LogP contribution in [0.25, 0.3) is 0 Å². The molecule has 1 atom stereocenters. The first kappa shape index (κ1) is 17.7. The Morgan fingerprint density at radius 1 is 1.57 bits per heavy atom. The van der Waals surface area contributed by atoms with Crippen molar-refractivity contribution in [1.82, 2.24) is 15.1 Å². The number of thiophene rings is 1. The molecule has 6 nitrogen and oxygen atoms in total. The van der Waals surface area contributed by atoms with Crippen LogP contribution in [0.4, 0.5) is 4.79 Å². The molecule has 23 heavy (non-hydrogen) atoms. The van der Waals surface area contributed by atoms with Crippen LogP contribution < -0.4 is 5.32 Å². The first-order valence-corrected chi connectivity index (χ1v) is 8.68. The SMILES string of the molecule is COCCN1CC(CNC(=O)N(C)Cc2sccc2C)CC1=O. The Kier molecular flexibility index (Phi) is 6.41. The van der Waals surface area contributed by atoms with Gasteiger partial charge < -0.3 is 19.9 Å². The minimum Gasteiger partial charge on any atom is -0.383 e. The summed E-state index contributed by atoms with van der Waals surface area (Å²) in [6.45, 7) is 5.05. The van der Waals surface area contributed by atoms with E-state index in [1.54, 1.807) is 35.3 Å². The normalized spacial score (nSPS) is 17.6. The van der Waals surface area contributed by atoms with Crippen molar-refractivity contribution in [2.75, 3.05) is 40.4 Å². The molecule has 0 saturated carbocycles. The number of carbonyl (C=O) groups is 2. The number of rotatable bonds is 7. The van der Waals surface area contributed by atoms with Gasteiger partial charge in [0, 0.05) is 51.0 Å². The molecular weight excluding hydrogens is 314 g/mol. The van der Waals surface area contributed by atoms with Gasteiger partial charge in [0.1, 0.15) is 0 Å². The zero-order valence-electron chi connectivity index (χ0n) is 14.0. The minimum absolute atomic E-state index is 0.0967. The largest absolute Gasteiger partial charge is 0.383 e. The van der Waals surface area contributed by atoms with Crippen LogP contribution in [-0.2, 0) is 16.1 Å². The molecule has 0 bridgehead atoms. The highest BCUT2D eigenvalue weighted by molar-refractivity contribution is 7.10. The predicted molar refractivity (Wildman–Crippen MR) is 90.5 cm³/mol. The lowest BCUT2D eigenvalue weighted by molar-refractivity contribution is -0.128. The standard InChI is InChI=1S/C16H25N3O3S/c1-12-4-7-23-14(12)11-18(2)16(21)17-9-13-8-15(20)19(10-13)5-6-22-3/h4,7,13H,5-6,8-11H2,1-3H3,(H,17,21). The van der Waals surface area contributed by atoms with E-state index in [0.29, 0.717) is 39.2 Å². The molecule has 1 saturated heterocycles. The molecule has 1 N–H and O–H groups in total. The van der Waals surface area contributed by atoms with Crippen LogP contribution in [0.2, 0.25) is 0 Å². The average Bonchev–Trinajstić information content (AvgIpc) is 3.08. The second-order valence-electron chi connectivity index (χ2n) is 5.97. The predicted octanol–water partition coefficient (Wildman–Crippen LogP) is 1.69. The molecule has 1 aromatic rings. The Morgan fingerprint density at radius 3 is 3.00 bits per heavy atom. The van der Waals surface area contributed by atoms with E-state index in [1.165, 1.54) is 10.4 Å². The highest BCUT2D eigenvalue weighted by Gasteiger charge is 2.29. The number of methoxy groups -OCH3 is 1. The molecule has 2 rings (SSSR count). The van der Waals surface area contributed by atoms with Crippen LogP contribution in [0.15, 0.2) is 11.4 Å². The van der Waals surface area contributed by atoms with E-state index in [-0.39, 0.29) is 17.9 Å². The summed E-state index contributed by atoms with van der Waals surface area (Å²) in [5, 5.41) is 4.97. The van der Waals surface area contributed by atoms with E-state index >= 15 is 0 Å². The van der Waals surface area contributed by atoms with Crippen molar-refractivity contribution in [2.24, 2.45) is 5.92 Å². The van der Waals surface area contributed by atoms with Gasteiger partial charge in [0.05, 0.1) is 13.2 Å². The van der Waals surface area contributed by atoms with Crippen molar-refractivity contribution in [3.63, 3.8) is 0 Å². The Hall–Kier alpha value is -1.60. The van der Waals surface area contributed by atoms with Gasteiger partial charge >= 0.3 is 6.03 Å². The summed E-state index contributed by atoms with van der Waals surface area (Å²) < 4.78 is 5.01. The number of amides is 3. The number of aryl methyl sites for hydroxylation is 1. The van der Waals surface area contributed by atoms with Crippen molar-refractivity contribution in [3.8, 4) is 0 Å². The molecule has 128 valence electrons. The fraction of sp³-hybridized carbons (Fsp3) is 0.625. The molecule has 0 aliphatic carbocycles. The summed E-state index contributed by atoms with van der Waals surface area (Å²) in [4.78, 5) is 28.7. The fourth-order valence-corrected chi connectivity index (χ4v) is 3.59. The third-order valence-electron chi connectivity index (χ3n) is 4.10. The zero-order valence-corrected chi connectivity index (χ0v) is 14.8. The minimum atomic E-state index is -0.0967. The van der Waals surface area contributed by atoms with Crippen molar-refractivity contribution >= 4 is 23.3 Å². The maximum absolute atomic E-state index is 12.2. The highest BCUT2D eigenvalue weighted by Crippen LogP contribution is 2.18. The lowest BCUT2D eigenvalue weighted by atomic mass is 10.1.